The van der Waals surface area contributed by atoms with Crippen molar-refractivity contribution in [1.29, 1.82) is 0 Å². The SMILES string of the molecule is Cc1ccc(C(N)C(=O)NCCCNC(=O)c2cccs2)cc1. The minimum atomic E-state index is -0.670. The molecule has 2 aromatic rings. The van der Waals surface area contributed by atoms with Gasteiger partial charge < -0.3 is 16.4 Å². The second kappa shape index (κ2) is 8.45. The largest absolute Gasteiger partial charge is 0.354 e. The first-order chi connectivity index (χ1) is 11.1. The number of hydrogen-bond donors (Lipinski definition) is 3. The number of nitrogens with one attached hydrogen (secondary N) is 2. The van der Waals surface area contributed by atoms with Gasteiger partial charge >= 0.3 is 0 Å². The molecule has 2 amide bonds. The molecular weight excluding hydrogens is 310 g/mol. The van der Waals surface area contributed by atoms with Crippen molar-refractivity contribution in [2.45, 2.75) is 19.4 Å². The molecule has 5 nitrogen and oxygen atoms in total. The molecule has 23 heavy (non-hydrogen) atoms. The topological polar surface area (TPSA) is 84.2 Å². The fraction of sp³-hybridized carbons (Fsp3) is 0.294. The standard InChI is InChI=1S/C17H21N3O2S/c1-12-5-7-13(8-6-12)15(18)17(22)20-10-3-9-19-16(21)14-4-2-11-23-14/h2,4-8,11,15H,3,9-10,18H2,1H3,(H,19,21)(H,20,22). The van der Waals surface area contributed by atoms with Gasteiger partial charge in [-0.3, -0.25) is 9.59 Å². The first kappa shape index (κ1) is 17.2. The minimum absolute atomic E-state index is 0.0808. The third kappa shape index (κ3) is 5.19. The van der Waals surface area contributed by atoms with Crippen LogP contribution in [0, 0.1) is 6.92 Å². The lowest BCUT2D eigenvalue weighted by Gasteiger charge is -2.13. The average Bonchev–Trinajstić information content (AvgIpc) is 3.08. The second-order valence-corrected chi connectivity index (χ2v) is 6.21. The van der Waals surface area contributed by atoms with Crippen molar-refractivity contribution < 1.29 is 9.59 Å². The molecule has 2 rings (SSSR count). The zero-order valence-corrected chi connectivity index (χ0v) is 13.9. The molecule has 122 valence electrons. The van der Waals surface area contributed by atoms with Crippen LogP contribution in [0.2, 0.25) is 0 Å². The average molecular weight is 331 g/mol. The molecule has 0 bridgehead atoms. The molecule has 1 atom stereocenters. The van der Waals surface area contributed by atoms with E-state index in [1.165, 1.54) is 11.3 Å². The van der Waals surface area contributed by atoms with Gasteiger partial charge in [-0.25, -0.2) is 0 Å². The van der Waals surface area contributed by atoms with E-state index in [1.807, 2.05) is 42.6 Å². The summed E-state index contributed by atoms with van der Waals surface area (Å²) in [5, 5.41) is 7.47. The van der Waals surface area contributed by atoms with E-state index in [2.05, 4.69) is 10.6 Å². The van der Waals surface area contributed by atoms with Crippen LogP contribution in [0.1, 0.15) is 33.3 Å². The van der Waals surface area contributed by atoms with Crippen LogP contribution >= 0.6 is 11.3 Å². The monoisotopic (exact) mass is 331 g/mol. The fourth-order valence-electron chi connectivity index (χ4n) is 2.03. The van der Waals surface area contributed by atoms with Gasteiger partial charge in [-0.1, -0.05) is 35.9 Å². The van der Waals surface area contributed by atoms with Crippen LogP contribution in [0.5, 0.6) is 0 Å². The van der Waals surface area contributed by atoms with Crippen molar-refractivity contribution in [3.05, 3.63) is 57.8 Å². The molecule has 0 aliphatic heterocycles. The number of hydrogen-bond acceptors (Lipinski definition) is 4. The Morgan fingerprint density at radius 3 is 2.48 bits per heavy atom. The number of carbonyl (C=O) groups excluding carboxylic acids is 2. The van der Waals surface area contributed by atoms with Gasteiger partial charge in [-0.2, -0.15) is 0 Å². The van der Waals surface area contributed by atoms with Crippen LogP contribution in [0.4, 0.5) is 0 Å². The van der Waals surface area contributed by atoms with E-state index in [4.69, 9.17) is 5.73 Å². The zero-order valence-electron chi connectivity index (χ0n) is 13.0. The normalized spacial score (nSPS) is 11.7. The molecule has 0 fully saturated rings. The van der Waals surface area contributed by atoms with Crippen molar-refractivity contribution >= 4 is 23.2 Å². The maximum atomic E-state index is 12.0. The lowest BCUT2D eigenvalue weighted by molar-refractivity contribution is -0.122. The van der Waals surface area contributed by atoms with E-state index in [-0.39, 0.29) is 11.8 Å². The smallest absolute Gasteiger partial charge is 0.261 e. The van der Waals surface area contributed by atoms with Crippen molar-refractivity contribution in [1.82, 2.24) is 10.6 Å². The Morgan fingerprint density at radius 1 is 1.13 bits per heavy atom. The zero-order chi connectivity index (χ0) is 16.7. The number of nitrogens with two attached hydrogens (primary N) is 1. The van der Waals surface area contributed by atoms with Crippen LogP contribution in [-0.2, 0) is 4.79 Å². The summed E-state index contributed by atoms with van der Waals surface area (Å²) < 4.78 is 0. The Kier molecular flexibility index (Phi) is 6.31. The predicted octanol–water partition coefficient (Wildman–Crippen LogP) is 1.99. The van der Waals surface area contributed by atoms with Gasteiger partial charge in [0.25, 0.3) is 5.91 Å². The van der Waals surface area contributed by atoms with E-state index >= 15 is 0 Å². The highest BCUT2D eigenvalue weighted by Gasteiger charge is 2.14. The molecule has 6 heteroatoms. The van der Waals surface area contributed by atoms with Crippen LogP contribution in [0.25, 0.3) is 0 Å². The highest BCUT2D eigenvalue weighted by Crippen LogP contribution is 2.11. The third-order valence-corrected chi connectivity index (χ3v) is 4.27. The third-order valence-electron chi connectivity index (χ3n) is 3.40. The lowest BCUT2D eigenvalue weighted by Crippen LogP contribution is -2.36. The number of amides is 2. The maximum Gasteiger partial charge on any atom is 0.261 e. The Labute approximate surface area is 139 Å². The number of aryl methyl sites for hydroxylation is 1. The second-order valence-electron chi connectivity index (χ2n) is 5.27. The van der Waals surface area contributed by atoms with Gasteiger partial charge in [0.2, 0.25) is 5.91 Å². The molecule has 0 spiro atoms. The lowest BCUT2D eigenvalue weighted by atomic mass is 10.1. The van der Waals surface area contributed by atoms with Crippen molar-refractivity contribution in [2.75, 3.05) is 13.1 Å². The summed E-state index contributed by atoms with van der Waals surface area (Å²) >= 11 is 1.40. The number of thiophene rings is 1. The summed E-state index contributed by atoms with van der Waals surface area (Å²) in [6.45, 7) is 2.97. The van der Waals surface area contributed by atoms with E-state index < -0.39 is 6.04 Å². The predicted molar refractivity (Wildman–Crippen MR) is 92.4 cm³/mol. The van der Waals surface area contributed by atoms with Gasteiger partial charge in [0.05, 0.1) is 4.88 Å². The minimum Gasteiger partial charge on any atom is -0.354 e. The molecule has 0 saturated carbocycles. The highest BCUT2D eigenvalue weighted by atomic mass is 32.1. The first-order valence-electron chi connectivity index (χ1n) is 7.49. The van der Waals surface area contributed by atoms with Crippen LogP contribution in [-0.4, -0.2) is 24.9 Å². The van der Waals surface area contributed by atoms with Crippen molar-refractivity contribution in [3.63, 3.8) is 0 Å². The van der Waals surface area contributed by atoms with Gasteiger partial charge in [0.15, 0.2) is 0 Å². The van der Waals surface area contributed by atoms with Crippen molar-refractivity contribution in [2.24, 2.45) is 5.73 Å². The van der Waals surface area contributed by atoms with E-state index in [1.54, 1.807) is 6.07 Å². The number of carbonyl (C=O) groups is 2. The maximum absolute atomic E-state index is 12.0. The summed E-state index contributed by atoms with van der Waals surface area (Å²) in [4.78, 5) is 24.4. The van der Waals surface area contributed by atoms with Crippen LogP contribution in [0.3, 0.4) is 0 Å². The molecule has 1 unspecified atom stereocenters. The molecular formula is C17H21N3O2S. The molecule has 1 aromatic carbocycles. The Bertz CT molecular complexity index is 638. The molecule has 1 heterocycles. The number of benzene rings is 1. The number of rotatable bonds is 7. The quantitative estimate of drug-likeness (QED) is 0.678. The molecule has 0 aliphatic rings. The van der Waals surface area contributed by atoms with Crippen LogP contribution < -0.4 is 16.4 Å². The molecule has 1 aromatic heterocycles. The molecule has 0 saturated heterocycles. The molecule has 0 aliphatic carbocycles. The van der Waals surface area contributed by atoms with E-state index in [0.29, 0.717) is 24.4 Å². The first-order valence-corrected chi connectivity index (χ1v) is 8.37. The Balaban J connectivity index is 1.66. The summed E-state index contributed by atoms with van der Waals surface area (Å²) in [5.41, 5.74) is 7.85. The highest BCUT2D eigenvalue weighted by molar-refractivity contribution is 7.12. The Hall–Kier alpha value is -2.18. The molecule has 0 radical (unpaired) electrons. The Morgan fingerprint density at radius 2 is 1.83 bits per heavy atom. The summed E-state index contributed by atoms with van der Waals surface area (Å²) in [6, 6.07) is 10.5. The van der Waals surface area contributed by atoms with Crippen LogP contribution in [0.15, 0.2) is 41.8 Å². The fourth-order valence-corrected chi connectivity index (χ4v) is 2.67. The summed E-state index contributed by atoms with van der Waals surface area (Å²) in [7, 11) is 0. The summed E-state index contributed by atoms with van der Waals surface area (Å²) in [6.07, 6.45) is 0.656. The van der Waals surface area contributed by atoms with Gasteiger partial charge in [-0.05, 0) is 30.4 Å². The van der Waals surface area contributed by atoms with Crippen molar-refractivity contribution in [3.8, 4) is 0 Å². The van der Waals surface area contributed by atoms with Gasteiger partial charge in [0.1, 0.15) is 6.04 Å². The van der Waals surface area contributed by atoms with E-state index in [9.17, 15) is 9.59 Å². The van der Waals surface area contributed by atoms with Gasteiger partial charge in [-0.15, -0.1) is 11.3 Å². The summed E-state index contributed by atoms with van der Waals surface area (Å²) in [5.74, 6) is -0.291. The van der Waals surface area contributed by atoms with E-state index in [0.717, 1.165) is 11.1 Å². The molecule has 4 N–H and O–H groups in total. The van der Waals surface area contributed by atoms with Gasteiger partial charge in [0, 0.05) is 13.1 Å².